The van der Waals surface area contributed by atoms with Gasteiger partial charge in [0.05, 0.1) is 25.3 Å². The van der Waals surface area contributed by atoms with Gasteiger partial charge in [0.15, 0.2) is 17.6 Å². The van der Waals surface area contributed by atoms with Crippen LogP contribution >= 0.6 is 0 Å². The van der Waals surface area contributed by atoms with Gasteiger partial charge in [-0.15, -0.1) is 0 Å². The summed E-state index contributed by atoms with van der Waals surface area (Å²) in [5.74, 6) is -0.588. The van der Waals surface area contributed by atoms with E-state index in [0.717, 1.165) is 12.1 Å². The van der Waals surface area contributed by atoms with E-state index in [-0.39, 0.29) is 19.2 Å². The number of aliphatic hydroxyl groups excluding tert-OH is 1. The van der Waals surface area contributed by atoms with Crippen molar-refractivity contribution in [3.05, 3.63) is 35.4 Å². The number of aliphatic imine (C=N–C) groups is 1. The normalized spacial score (nSPS) is 17.2. The molecule has 0 bridgehead atoms. The van der Waals surface area contributed by atoms with Gasteiger partial charge in [0.2, 0.25) is 0 Å². The highest BCUT2D eigenvalue weighted by molar-refractivity contribution is 5.80. The molecule has 1 aromatic rings. The zero-order chi connectivity index (χ0) is 18.2. The van der Waals surface area contributed by atoms with E-state index in [0.29, 0.717) is 30.6 Å². The number of rotatable bonds is 9. The molecule has 1 fully saturated rings. The Balaban J connectivity index is 1.85. The molecule has 1 aliphatic rings. The van der Waals surface area contributed by atoms with Crippen molar-refractivity contribution >= 4 is 5.96 Å². The van der Waals surface area contributed by atoms with Crippen molar-refractivity contribution in [3.8, 4) is 0 Å². The molecule has 0 amide bonds. The summed E-state index contributed by atoms with van der Waals surface area (Å²) >= 11 is 0. The number of hydrogen-bond donors (Lipinski definition) is 3. The summed E-state index contributed by atoms with van der Waals surface area (Å²) in [6.07, 6.45) is 1.75. The molecule has 2 unspecified atom stereocenters. The van der Waals surface area contributed by atoms with Crippen LogP contribution in [0.2, 0.25) is 0 Å². The smallest absolute Gasteiger partial charge is 0.191 e. The fourth-order valence-electron chi connectivity index (χ4n) is 2.29. The Bertz CT molecular complexity index is 579. The van der Waals surface area contributed by atoms with Crippen molar-refractivity contribution < 1.29 is 18.6 Å². The summed E-state index contributed by atoms with van der Waals surface area (Å²) in [4.78, 5) is 4.33. The Morgan fingerprint density at radius 2 is 2.12 bits per heavy atom. The Morgan fingerprint density at radius 1 is 1.36 bits per heavy atom. The van der Waals surface area contributed by atoms with Crippen LogP contribution in [0.4, 0.5) is 8.78 Å². The predicted octanol–water partition coefficient (Wildman–Crippen LogP) is 2.37. The van der Waals surface area contributed by atoms with E-state index in [2.05, 4.69) is 15.6 Å². The fraction of sp³-hybridized carbons (Fsp3) is 0.611. The average Bonchev–Trinajstić information content (AvgIpc) is 3.39. The molecule has 0 aromatic heterocycles. The van der Waals surface area contributed by atoms with Crippen LogP contribution in [-0.4, -0.2) is 43.5 Å². The van der Waals surface area contributed by atoms with Gasteiger partial charge in [-0.3, -0.25) is 4.99 Å². The van der Waals surface area contributed by atoms with E-state index < -0.39 is 17.7 Å². The van der Waals surface area contributed by atoms with E-state index in [4.69, 9.17) is 4.74 Å². The molecular formula is C18H27F2N3O2. The summed E-state index contributed by atoms with van der Waals surface area (Å²) in [7, 11) is 0. The summed E-state index contributed by atoms with van der Waals surface area (Å²) in [6, 6.07) is 3.53. The lowest BCUT2D eigenvalue weighted by Gasteiger charge is -2.19. The number of benzene rings is 1. The maximum absolute atomic E-state index is 13.4. The van der Waals surface area contributed by atoms with Crippen LogP contribution in [0.25, 0.3) is 0 Å². The Kier molecular flexibility index (Phi) is 7.58. The quantitative estimate of drug-likeness (QED) is 0.470. The lowest BCUT2D eigenvalue weighted by atomic mass is 10.1. The van der Waals surface area contributed by atoms with Gasteiger partial charge in [-0.05, 0) is 50.3 Å². The summed E-state index contributed by atoms with van der Waals surface area (Å²) < 4.78 is 31.9. The standard InChI is InChI=1S/C18H27F2N3O2/c1-3-21-18(22-9-15(24)11-25-10-13-4-5-13)23-12(2)14-6-7-16(19)17(20)8-14/h6-8,12-13,15,24H,3-5,9-11H2,1-2H3,(H2,21,22,23). The Morgan fingerprint density at radius 3 is 2.76 bits per heavy atom. The molecule has 2 atom stereocenters. The SMILES string of the molecule is CCNC(=NCC(O)COCC1CC1)NC(C)c1ccc(F)c(F)c1. The monoisotopic (exact) mass is 355 g/mol. The Labute approximate surface area is 147 Å². The maximum atomic E-state index is 13.4. The van der Waals surface area contributed by atoms with E-state index in [1.807, 2.05) is 13.8 Å². The van der Waals surface area contributed by atoms with Gasteiger partial charge >= 0.3 is 0 Å². The van der Waals surface area contributed by atoms with Crippen LogP contribution in [0.5, 0.6) is 0 Å². The average molecular weight is 355 g/mol. The predicted molar refractivity (Wildman–Crippen MR) is 93.4 cm³/mol. The van der Waals surface area contributed by atoms with Gasteiger partial charge in [-0.1, -0.05) is 6.07 Å². The van der Waals surface area contributed by atoms with Crippen molar-refractivity contribution in [1.82, 2.24) is 10.6 Å². The first-order chi connectivity index (χ1) is 12.0. The molecule has 0 heterocycles. The first-order valence-electron chi connectivity index (χ1n) is 8.75. The van der Waals surface area contributed by atoms with Gasteiger partial charge < -0.3 is 20.5 Å². The highest BCUT2D eigenvalue weighted by Gasteiger charge is 2.21. The maximum Gasteiger partial charge on any atom is 0.191 e. The zero-order valence-electron chi connectivity index (χ0n) is 14.8. The third-order valence-electron chi connectivity index (χ3n) is 3.96. The molecule has 0 radical (unpaired) electrons. The number of aliphatic hydroxyl groups is 1. The van der Waals surface area contributed by atoms with Crippen LogP contribution in [-0.2, 0) is 4.74 Å². The van der Waals surface area contributed by atoms with E-state index in [9.17, 15) is 13.9 Å². The van der Waals surface area contributed by atoms with E-state index >= 15 is 0 Å². The number of halogens is 2. The van der Waals surface area contributed by atoms with Crippen LogP contribution in [0, 0.1) is 17.6 Å². The van der Waals surface area contributed by atoms with Crippen LogP contribution in [0.1, 0.15) is 38.3 Å². The van der Waals surface area contributed by atoms with Gasteiger partial charge in [-0.25, -0.2) is 8.78 Å². The zero-order valence-corrected chi connectivity index (χ0v) is 14.8. The van der Waals surface area contributed by atoms with Crippen LogP contribution < -0.4 is 10.6 Å². The minimum atomic E-state index is -0.878. The molecule has 0 saturated heterocycles. The molecule has 2 rings (SSSR count). The molecule has 140 valence electrons. The Hall–Kier alpha value is -1.73. The minimum Gasteiger partial charge on any atom is -0.389 e. The van der Waals surface area contributed by atoms with Crippen molar-refractivity contribution in [2.75, 3.05) is 26.3 Å². The molecule has 0 aliphatic heterocycles. The second kappa shape index (κ2) is 9.68. The number of guanidine groups is 1. The number of nitrogens with zero attached hydrogens (tertiary/aromatic N) is 1. The number of nitrogens with one attached hydrogen (secondary N) is 2. The third kappa shape index (κ3) is 6.96. The lowest BCUT2D eigenvalue weighted by Crippen LogP contribution is -2.39. The van der Waals surface area contributed by atoms with E-state index in [1.54, 1.807) is 0 Å². The number of hydrogen-bond acceptors (Lipinski definition) is 3. The second-order valence-electron chi connectivity index (χ2n) is 6.39. The van der Waals surface area contributed by atoms with Gasteiger partial charge in [0, 0.05) is 13.2 Å². The van der Waals surface area contributed by atoms with Gasteiger partial charge in [0.25, 0.3) is 0 Å². The third-order valence-corrected chi connectivity index (χ3v) is 3.96. The van der Waals surface area contributed by atoms with Gasteiger partial charge in [0.1, 0.15) is 0 Å². The summed E-state index contributed by atoms with van der Waals surface area (Å²) in [6.45, 7) is 5.56. The molecular weight excluding hydrogens is 328 g/mol. The molecule has 1 saturated carbocycles. The molecule has 25 heavy (non-hydrogen) atoms. The molecule has 5 nitrogen and oxygen atoms in total. The molecule has 0 spiro atoms. The lowest BCUT2D eigenvalue weighted by molar-refractivity contribution is 0.0368. The van der Waals surface area contributed by atoms with Crippen LogP contribution in [0.3, 0.4) is 0 Å². The summed E-state index contributed by atoms with van der Waals surface area (Å²) in [5.41, 5.74) is 0.609. The van der Waals surface area contributed by atoms with Crippen LogP contribution in [0.15, 0.2) is 23.2 Å². The van der Waals surface area contributed by atoms with Crippen molar-refractivity contribution in [1.29, 1.82) is 0 Å². The second-order valence-corrected chi connectivity index (χ2v) is 6.39. The van der Waals surface area contributed by atoms with E-state index in [1.165, 1.54) is 18.9 Å². The minimum absolute atomic E-state index is 0.199. The van der Waals surface area contributed by atoms with Crippen molar-refractivity contribution in [2.45, 2.75) is 38.8 Å². The summed E-state index contributed by atoms with van der Waals surface area (Å²) in [5, 5.41) is 16.1. The topological polar surface area (TPSA) is 65.9 Å². The highest BCUT2D eigenvalue weighted by Crippen LogP contribution is 2.28. The molecule has 3 N–H and O–H groups in total. The van der Waals surface area contributed by atoms with Crippen molar-refractivity contribution in [2.24, 2.45) is 10.9 Å². The number of ether oxygens (including phenoxy) is 1. The fourth-order valence-corrected chi connectivity index (χ4v) is 2.29. The van der Waals surface area contributed by atoms with Crippen molar-refractivity contribution in [3.63, 3.8) is 0 Å². The highest BCUT2D eigenvalue weighted by atomic mass is 19.2. The molecule has 7 heteroatoms. The largest absolute Gasteiger partial charge is 0.389 e. The molecule has 1 aliphatic carbocycles. The first kappa shape index (κ1) is 19.6. The first-order valence-corrected chi connectivity index (χ1v) is 8.75. The molecule has 1 aromatic carbocycles. The van der Waals surface area contributed by atoms with Gasteiger partial charge in [-0.2, -0.15) is 0 Å².